The summed E-state index contributed by atoms with van der Waals surface area (Å²) in [6.45, 7) is 1.97. The lowest BCUT2D eigenvalue weighted by molar-refractivity contribution is 0.0950. The van der Waals surface area contributed by atoms with Crippen molar-refractivity contribution < 1.29 is 4.79 Å². The second kappa shape index (κ2) is 10.2. The van der Waals surface area contributed by atoms with Gasteiger partial charge in [-0.3, -0.25) is 9.59 Å². The van der Waals surface area contributed by atoms with Gasteiger partial charge in [0.2, 0.25) is 5.43 Å². The molecule has 0 saturated heterocycles. The molecule has 0 unspecified atom stereocenters. The normalized spacial score (nSPS) is 10.9. The molecule has 0 aliphatic carbocycles. The quantitative estimate of drug-likeness (QED) is 0.278. The number of pyridine rings is 2. The molecule has 3 aromatic heterocycles. The van der Waals surface area contributed by atoms with Crippen LogP contribution in [0.15, 0.2) is 77.6 Å². The van der Waals surface area contributed by atoms with Crippen molar-refractivity contribution in [3.63, 3.8) is 0 Å². The second-order valence-corrected chi connectivity index (χ2v) is 8.86. The van der Waals surface area contributed by atoms with Gasteiger partial charge in [-0.25, -0.2) is 15.0 Å². The number of carbonyl (C=O) groups is 1. The summed E-state index contributed by atoms with van der Waals surface area (Å²) in [4.78, 5) is 42.6. The predicted octanol–water partition coefficient (Wildman–Crippen LogP) is 4.98. The molecular weight excluding hydrogens is 488 g/mol. The number of hydrogen-bond acceptors (Lipinski definition) is 6. The van der Waals surface area contributed by atoms with Crippen LogP contribution in [0.1, 0.15) is 21.7 Å². The molecule has 0 atom stereocenters. The third kappa shape index (κ3) is 5.19. The molecule has 5 rings (SSSR count). The molecule has 1 amide bonds. The van der Waals surface area contributed by atoms with E-state index in [4.69, 9.17) is 21.6 Å². The summed E-state index contributed by atoms with van der Waals surface area (Å²) in [5, 5.41) is 6.19. The van der Waals surface area contributed by atoms with Crippen molar-refractivity contribution in [3.05, 3.63) is 105 Å². The standard InChI is InChI=1S/C28H23ClN6O2/c1-16-12-19(13-23(29)32-16)25-24(17-6-4-3-5-7-17)35-27-26(34-25)22(36)14-21(33-27)15-31-28(37)18-8-10-20(30-2)11-9-18/h3-14,30H,15H2,1-2H3,(H,31,37)(H,33,35,36). The van der Waals surface area contributed by atoms with E-state index in [-0.39, 0.29) is 23.4 Å². The molecule has 0 spiro atoms. The first-order chi connectivity index (χ1) is 17.9. The van der Waals surface area contributed by atoms with E-state index in [9.17, 15) is 9.59 Å². The van der Waals surface area contributed by atoms with Crippen LogP contribution in [0.2, 0.25) is 5.15 Å². The average molecular weight is 511 g/mol. The molecule has 3 N–H and O–H groups in total. The summed E-state index contributed by atoms with van der Waals surface area (Å²) >= 11 is 6.22. The largest absolute Gasteiger partial charge is 0.388 e. The Kier molecular flexibility index (Phi) is 6.66. The molecule has 37 heavy (non-hydrogen) atoms. The van der Waals surface area contributed by atoms with E-state index in [1.807, 2.05) is 62.5 Å². The summed E-state index contributed by atoms with van der Waals surface area (Å²) in [5.74, 6) is -0.250. The predicted molar refractivity (Wildman–Crippen MR) is 146 cm³/mol. The molecule has 0 radical (unpaired) electrons. The molecule has 8 nitrogen and oxygen atoms in total. The maximum atomic E-state index is 13.1. The molecule has 0 fully saturated rings. The van der Waals surface area contributed by atoms with E-state index in [0.29, 0.717) is 39.0 Å². The second-order valence-electron chi connectivity index (χ2n) is 8.47. The van der Waals surface area contributed by atoms with Crippen molar-refractivity contribution in [2.45, 2.75) is 13.5 Å². The van der Waals surface area contributed by atoms with Crippen LogP contribution >= 0.6 is 11.6 Å². The van der Waals surface area contributed by atoms with Gasteiger partial charge in [0.15, 0.2) is 11.2 Å². The van der Waals surface area contributed by atoms with Gasteiger partial charge in [0, 0.05) is 46.9 Å². The number of benzene rings is 2. The number of amides is 1. The van der Waals surface area contributed by atoms with Gasteiger partial charge in [0.1, 0.15) is 5.15 Å². The third-order valence-corrected chi connectivity index (χ3v) is 6.03. The Morgan fingerprint density at radius 2 is 1.65 bits per heavy atom. The van der Waals surface area contributed by atoms with Gasteiger partial charge in [-0.1, -0.05) is 41.9 Å². The summed E-state index contributed by atoms with van der Waals surface area (Å²) in [7, 11) is 1.81. The Labute approximate surface area is 217 Å². The van der Waals surface area contributed by atoms with Crippen LogP contribution in [0, 0.1) is 6.92 Å². The van der Waals surface area contributed by atoms with E-state index in [1.165, 1.54) is 6.07 Å². The minimum absolute atomic E-state index is 0.126. The van der Waals surface area contributed by atoms with E-state index in [0.717, 1.165) is 16.9 Å². The lowest BCUT2D eigenvalue weighted by Gasteiger charge is -2.12. The number of aromatic nitrogens is 4. The Balaban J connectivity index is 1.54. The number of fused-ring (bicyclic) bond motifs is 1. The van der Waals surface area contributed by atoms with Crippen molar-refractivity contribution in [1.82, 2.24) is 25.3 Å². The van der Waals surface area contributed by atoms with Crippen molar-refractivity contribution in [2.24, 2.45) is 0 Å². The zero-order chi connectivity index (χ0) is 25.9. The molecular formula is C28H23ClN6O2. The summed E-state index contributed by atoms with van der Waals surface area (Å²) in [6.07, 6.45) is 0. The van der Waals surface area contributed by atoms with Gasteiger partial charge in [0.05, 0.1) is 17.9 Å². The average Bonchev–Trinajstić information content (AvgIpc) is 2.91. The SMILES string of the molecule is CNc1ccc(C(=O)NCc2cc(=O)c3nc(-c4cc(C)nc(Cl)c4)c(-c4ccccc4)nc3[nH]2)cc1. The highest BCUT2D eigenvalue weighted by atomic mass is 35.5. The molecule has 2 aromatic carbocycles. The van der Waals surface area contributed by atoms with Crippen molar-refractivity contribution in [1.29, 1.82) is 0 Å². The fourth-order valence-corrected chi connectivity index (χ4v) is 4.28. The first-order valence-electron chi connectivity index (χ1n) is 11.6. The van der Waals surface area contributed by atoms with E-state index in [1.54, 1.807) is 18.2 Å². The monoisotopic (exact) mass is 510 g/mol. The molecule has 9 heteroatoms. The summed E-state index contributed by atoms with van der Waals surface area (Å²) in [5.41, 5.74) is 5.56. The number of nitrogens with one attached hydrogen (secondary N) is 3. The van der Waals surface area contributed by atoms with Crippen LogP contribution in [-0.2, 0) is 6.54 Å². The number of carbonyl (C=O) groups excluding carboxylic acids is 1. The van der Waals surface area contributed by atoms with Gasteiger partial charge in [-0.05, 0) is 43.3 Å². The van der Waals surface area contributed by atoms with Crippen LogP contribution < -0.4 is 16.1 Å². The Hall–Kier alpha value is -4.56. The highest BCUT2D eigenvalue weighted by molar-refractivity contribution is 6.29. The van der Waals surface area contributed by atoms with E-state index < -0.39 is 0 Å². The van der Waals surface area contributed by atoms with Crippen molar-refractivity contribution >= 4 is 34.4 Å². The minimum Gasteiger partial charge on any atom is -0.388 e. The van der Waals surface area contributed by atoms with Crippen LogP contribution in [0.25, 0.3) is 33.7 Å². The first-order valence-corrected chi connectivity index (χ1v) is 12.0. The van der Waals surface area contributed by atoms with E-state index in [2.05, 4.69) is 20.6 Å². The topological polar surface area (TPSA) is 113 Å². The fourth-order valence-electron chi connectivity index (χ4n) is 4.03. The van der Waals surface area contributed by atoms with Gasteiger partial charge < -0.3 is 15.6 Å². The zero-order valence-corrected chi connectivity index (χ0v) is 20.9. The number of halogens is 1. The molecule has 3 heterocycles. The van der Waals surface area contributed by atoms with Gasteiger partial charge in [-0.15, -0.1) is 0 Å². The van der Waals surface area contributed by atoms with Gasteiger partial charge >= 0.3 is 0 Å². The molecule has 0 aliphatic heterocycles. The Morgan fingerprint density at radius 3 is 2.35 bits per heavy atom. The first kappa shape index (κ1) is 24.1. The number of hydrogen-bond donors (Lipinski definition) is 3. The maximum Gasteiger partial charge on any atom is 0.251 e. The lowest BCUT2D eigenvalue weighted by atomic mass is 10.0. The summed E-state index contributed by atoms with van der Waals surface area (Å²) < 4.78 is 0. The van der Waals surface area contributed by atoms with Crippen LogP contribution in [0.4, 0.5) is 5.69 Å². The highest BCUT2D eigenvalue weighted by Gasteiger charge is 2.17. The Bertz CT molecular complexity index is 1650. The number of nitrogens with zero attached hydrogens (tertiary/aromatic N) is 3. The molecule has 184 valence electrons. The van der Waals surface area contributed by atoms with Crippen LogP contribution in [-0.4, -0.2) is 32.9 Å². The van der Waals surface area contributed by atoms with Crippen molar-refractivity contribution in [2.75, 3.05) is 12.4 Å². The molecule has 0 aliphatic rings. The highest BCUT2D eigenvalue weighted by Crippen LogP contribution is 2.31. The fraction of sp³-hybridized carbons (Fsp3) is 0.107. The molecule has 5 aromatic rings. The van der Waals surface area contributed by atoms with Crippen LogP contribution in [0.3, 0.4) is 0 Å². The summed E-state index contributed by atoms with van der Waals surface area (Å²) in [6, 6.07) is 21.7. The maximum absolute atomic E-state index is 13.1. The minimum atomic E-state index is -0.304. The molecule has 0 bridgehead atoms. The van der Waals surface area contributed by atoms with Crippen LogP contribution in [0.5, 0.6) is 0 Å². The number of aryl methyl sites for hydroxylation is 1. The third-order valence-electron chi connectivity index (χ3n) is 5.83. The van der Waals surface area contributed by atoms with Gasteiger partial charge in [-0.2, -0.15) is 0 Å². The number of rotatable bonds is 6. The smallest absolute Gasteiger partial charge is 0.251 e. The Morgan fingerprint density at radius 1 is 0.919 bits per heavy atom. The number of H-pyrrole nitrogens is 1. The van der Waals surface area contributed by atoms with E-state index >= 15 is 0 Å². The van der Waals surface area contributed by atoms with Crippen molar-refractivity contribution in [3.8, 4) is 22.5 Å². The van der Waals surface area contributed by atoms with Gasteiger partial charge in [0.25, 0.3) is 5.91 Å². The zero-order valence-electron chi connectivity index (χ0n) is 20.2. The lowest BCUT2D eigenvalue weighted by Crippen LogP contribution is -2.24. The number of aromatic amines is 1. The number of anilines is 1. The molecule has 0 saturated carbocycles.